The number of aromatic nitrogens is 3. The molecule has 0 amide bonds. The topological polar surface area (TPSA) is 75.5 Å². The van der Waals surface area contributed by atoms with E-state index in [0.717, 1.165) is 37.3 Å². The first-order valence-corrected chi connectivity index (χ1v) is 10.2. The molecule has 30 heavy (non-hydrogen) atoms. The third kappa shape index (κ3) is 4.54. The lowest BCUT2D eigenvalue weighted by Crippen LogP contribution is -2.44. The molecule has 8 heteroatoms. The first-order valence-electron chi connectivity index (χ1n) is 10.2. The molecule has 1 aromatic carbocycles. The zero-order valence-electron chi connectivity index (χ0n) is 17.9. The average Bonchev–Trinajstić information content (AvgIpc) is 2.71. The second-order valence-electron chi connectivity index (χ2n) is 8.60. The number of hydrogen-bond donors (Lipinski definition) is 1. The largest absolute Gasteiger partial charge is 0.403 e. The minimum atomic E-state index is -0.532. The van der Waals surface area contributed by atoms with Crippen molar-refractivity contribution in [3.05, 3.63) is 52.9 Å². The van der Waals surface area contributed by atoms with Crippen molar-refractivity contribution in [1.82, 2.24) is 19.6 Å². The summed E-state index contributed by atoms with van der Waals surface area (Å²) in [5.74, 6) is 0.409. The lowest BCUT2D eigenvalue weighted by molar-refractivity contribution is -0.0143. The lowest BCUT2D eigenvalue weighted by atomic mass is 10.2. The Bertz CT molecular complexity index is 1080. The molecule has 0 unspecified atom stereocenters. The normalized spacial score (nSPS) is 15.4. The van der Waals surface area contributed by atoms with Gasteiger partial charge in [-0.25, -0.2) is 4.98 Å². The Balaban J connectivity index is 1.56. The van der Waals surface area contributed by atoms with Crippen molar-refractivity contribution in [3.8, 4) is 0 Å². The standard InChI is InChI=1S/C22H28N6O2/c1-22(2,3)30-28-19(29)10-5-16-15-23-21(25-20(16)28)24-17-6-8-18(9-7-17)27-13-11-26(4)12-14-27/h5-10,15H,11-14H2,1-4H3,(H,23,24,25). The molecule has 1 aliphatic rings. The molecule has 0 aliphatic carbocycles. The van der Waals surface area contributed by atoms with Crippen LogP contribution < -0.4 is 20.6 Å². The summed E-state index contributed by atoms with van der Waals surface area (Å²) in [6.07, 6.45) is 1.69. The van der Waals surface area contributed by atoms with E-state index in [1.54, 1.807) is 12.3 Å². The van der Waals surface area contributed by atoms with Gasteiger partial charge in [-0.15, -0.1) is 4.73 Å². The number of pyridine rings is 1. The maximum absolute atomic E-state index is 12.3. The number of likely N-dealkylation sites (N-methyl/N-ethyl adjacent to an activating group) is 1. The Labute approximate surface area is 176 Å². The van der Waals surface area contributed by atoms with Gasteiger partial charge < -0.3 is 20.0 Å². The molecule has 0 bridgehead atoms. The quantitative estimate of drug-likeness (QED) is 0.711. The molecule has 4 rings (SSSR count). The van der Waals surface area contributed by atoms with Gasteiger partial charge in [0.2, 0.25) is 5.95 Å². The first-order chi connectivity index (χ1) is 14.3. The highest BCUT2D eigenvalue weighted by molar-refractivity contribution is 5.75. The van der Waals surface area contributed by atoms with Crippen molar-refractivity contribution < 1.29 is 4.84 Å². The Morgan fingerprint density at radius 1 is 1.00 bits per heavy atom. The predicted octanol–water partition coefficient (Wildman–Crippen LogP) is 2.51. The minimum Gasteiger partial charge on any atom is -0.403 e. The molecule has 158 valence electrons. The second-order valence-corrected chi connectivity index (χ2v) is 8.60. The number of anilines is 3. The fourth-order valence-corrected chi connectivity index (χ4v) is 3.37. The third-order valence-corrected chi connectivity index (χ3v) is 4.95. The molecule has 3 heterocycles. The van der Waals surface area contributed by atoms with Gasteiger partial charge in [0.15, 0.2) is 5.65 Å². The van der Waals surface area contributed by atoms with Gasteiger partial charge in [-0.2, -0.15) is 4.98 Å². The van der Waals surface area contributed by atoms with E-state index < -0.39 is 5.60 Å². The summed E-state index contributed by atoms with van der Waals surface area (Å²) < 4.78 is 1.23. The van der Waals surface area contributed by atoms with E-state index in [0.29, 0.717) is 11.6 Å². The molecule has 0 atom stereocenters. The summed E-state index contributed by atoms with van der Waals surface area (Å²) in [5.41, 5.74) is 1.73. The van der Waals surface area contributed by atoms with E-state index in [1.807, 2.05) is 32.9 Å². The van der Waals surface area contributed by atoms with Crippen molar-refractivity contribution in [2.75, 3.05) is 43.4 Å². The Morgan fingerprint density at radius 2 is 1.70 bits per heavy atom. The van der Waals surface area contributed by atoms with Crippen LogP contribution in [-0.2, 0) is 0 Å². The van der Waals surface area contributed by atoms with E-state index in [4.69, 9.17) is 4.84 Å². The number of rotatable bonds is 4. The van der Waals surface area contributed by atoms with E-state index in [1.165, 1.54) is 16.5 Å². The molecule has 8 nitrogen and oxygen atoms in total. The Morgan fingerprint density at radius 3 is 2.37 bits per heavy atom. The fourth-order valence-electron chi connectivity index (χ4n) is 3.37. The molecule has 0 spiro atoms. The van der Waals surface area contributed by atoms with Crippen LogP contribution >= 0.6 is 0 Å². The highest BCUT2D eigenvalue weighted by Gasteiger charge is 2.17. The number of piperazine rings is 1. The van der Waals surface area contributed by atoms with Crippen LogP contribution in [0.15, 0.2) is 47.4 Å². The van der Waals surface area contributed by atoms with Crippen molar-refractivity contribution >= 4 is 28.4 Å². The summed E-state index contributed by atoms with van der Waals surface area (Å²) in [4.78, 5) is 31.8. The highest BCUT2D eigenvalue weighted by Crippen LogP contribution is 2.21. The van der Waals surface area contributed by atoms with Gasteiger partial charge in [-0.05, 0) is 58.2 Å². The number of fused-ring (bicyclic) bond motifs is 1. The molecule has 3 aromatic rings. The highest BCUT2D eigenvalue weighted by atomic mass is 16.7. The summed E-state index contributed by atoms with van der Waals surface area (Å²) in [6, 6.07) is 11.4. The first kappa shape index (κ1) is 20.2. The Hall–Kier alpha value is -3.13. The molecular weight excluding hydrogens is 380 g/mol. The molecule has 1 saturated heterocycles. The maximum Gasteiger partial charge on any atom is 0.285 e. The molecule has 2 aromatic heterocycles. The van der Waals surface area contributed by atoms with Gasteiger partial charge in [0.05, 0.1) is 0 Å². The average molecular weight is 409 g/mol. The molecule has 1 fully saturated rings. The lowest BCUT2D eigenvalue weighted by Gasteiger charge is -2.34. The molecule has 1 N–H and O–H groups in total. The number of benzene rings is 1. The van der Waals surface area contributed by atoms with Crippen molar-refractivity contribution in [2.45, 2.75) is 26.4 Å². The molecule has 1 aliphatic heterocycles. The van der Waals surface area contributed by atoms with Gasteiger partial charge in [-0.3, -0.25) is 4.79 Å². The van der Waals surface area contributed by atoms with Gasteiger partial charge in [0.1, 0.15) is 5.60 Å². The zero-order chi connectivity index (χ0) is 21.3. The number of nitrogens with zero attached hydrogens (tertiary/aromatic N) is 5. The summed E-state index contributed by atoms with van der Waals surface area (Å²) >= 11 is 0. The van der Waals surface area contributed by atoms with E-state index in [-0.39, 0.29) is 5.56 Å². The monoisotopic (exact) mass is 408 g/mol. The van der Waals surface area contributed by atoms with Crippen molar-refractivity contribution in [2.24, 2.45) is 0 Å². The number of hydrogen-bond acceptors (Lipinski definition) is 7. The van der Waals surface area contributed by atoms with Gasteiger partial charge in [-0.1, -0.05) is 0 Å². The van der Waals surface area contributed by atoms with Crippen LogP contribution in [0.4, 0.5) is 17.3 Å². The predicted molar refractivity (Wildman–Crippen MR) is 120 cm³/mol. The van der Waals surface area contributed by atoms with Crippen LogP contribution in [0.3, 0.4) is 0 Å². The van der Waals surface area contributed by atoms with Crippen molar-refractivity contribution in [1.29, 1.82) is 0 Å². The SMILES string of the molecule is CN1CCN(c2ccc(Nc3ncc4ccc(=O)n(OC(C)(C)C)c4n3)cc2)CC1. The van der Waals surface area contributed by atoms with Crippen LogP contribution in [0.1, 0.15) is 20.8 Å². The fraction of sp³-hybridized carbons (Fsp3) is 0.409. The van der Waals surface area contributed by atoms with Gasteiger partial charge in [0, 0.05) is 55.2 Å². The van der Waals surface area contributed by atoms with Crippen LogP contribution in [-0.4, -0.2) is 58.4 Å². The minimum absolute atomic E-state index is 0.265. The third-order valence-electron chi connectivity index (χ3n) is 4.95. The van der Waals surface area contributed by atoms with Crippen LogP contribution in [0.5, 0.6) is 0 Å². The Kier molecular flexibility index (Phi) is 5.34. The smallest absolute Gasteiger partial charge is 0.285 e. The number of nitrogens with one attached hydrogen (secondary N) is 1. The summed E-state index contributed by atoms with van der Waals surface area (Å²) in [7, 11) is 2.15. The van der Waals surface area contributed by atoms with Crippen molar-refractivity contribution in [3.63, 3.8) is 0 Å². The summed E-state index contributed by atoms with van der Waals surface area (Å²) in [6.45, 7) is 9.87. The van der Waals surface area contributed by atoms with Gasteiger partial charge in [0.25, 0.3) is 5.56 Å². The van der Waals surface area contributed by atoms with Crippen LogP contribution in [0, 0.1) is 0 Å². The van der Waals surface area contributed by atoms with Crippen LogP contribution in [0.2, 0.25) is 0 Å². The zero-order valence-corrected chi connectivity index (χ0v) is 17.9. The van der Waals surface area contributed by atoms with Gasteiger partial charge >= 0.3 is 0 Å². The molecule has 0 radical (unpaired) electrons. The molecular formula is C22H28N6O2. The molecule has 0 saturated carbocycles. The maximum atomic E-state index is 12.3. The van der Waals surface area contributed by atoms with Crippen LogP contribution in [0.25, 0.3) is 11.0 Å². The van der Waals surface area contributed by atoms with E-state index in [2.05, 4.69) is 44.3 Å². The second kappa shape index (κ2) is 7.95. The summed E-state index contributed by atoms with van der Waals surface area (Å²) in [5, 5.41) is 3.95. The van der Waals surface area contributed by atoms with E-state index >= 15 is 0 Å². The van der Waals surface area contributed by atoms with E-state index in [9.17, 15) is 4.79 Å².